The second kappa shape index (κ2) is 6.67. The molecule has 0 aliphatic heterocycles. The van der Waals surface area contributed by atoms with E-state index in [0.29, 0.717) is 17.1 Å². The van der Waals surface area contributed by atoms with Crippen molar-refractivity contribution >= 4 is 35.4 Å². The van der Waals surface area contributed by atoms with Crippen LogP contribution in [0.25, 0.3) is 0 Å². The van der Waals surface area contributed by atoms with Crippen molar-refractivity contribution in [1.29, 1.82) is 0 Å². The molecule has 1 aromatic heterocycles. The van der Waals surface area contributed by atoms with Crippen LogP contribution >= 0.6 is 23.8 Å². The number of non-ortho nitro benzene ring substituents is 1. The second-order valence-electron chi connectivity index (χ2n) is 4.29. The van der Waals surface area contributed by atoms with Crippen molar-refractivity contribution < 1.29 is 9.72 Å². The van der Waals surface area contributed by atoms with Gasteiger partial charge in [-0.05, 0) is 25.2 Å². The molecule has 10 heteroatoms. The van der Waals surface area contributed by atoms with Gasteiger partial charge in [-0.3, -0.25) is 20.0 Å². The molecule has 0 unspecified atom stereocenters. The molecule has 0 aliphatic carbocycles. The van der Waals surface area contributed by atoms with E-state index in [1.807, 2.05) is 6.92 Å². The molecule has 0 saturated carbocycles. The quantitative estimate of drug-likeness (QED) is 0.493. The van der Waals surface area contributed by atoms with Crippen molar-refractivity contribution in [3.8, 4) is 0 Å². The van der Waals surface area contributed by atoms with E-state index in [-0.39, 0.29) is 22.8 Å². The molecule has 1 amide bonds. The Bertz CT molecular complexity index is 785. The molecule has 2 rings (SSSR count). The lowest BCUT2D eigenvalue weighted by molar-refractivity contribution is -0.384. The topological polar surface area (TPSA) is 106 Å². The Hall–Kier alpha value is -2.26. The van der Waals surface area contributed by atoms with Gasteiger partial charge in [0.15, 0.2) is 10.6 Å². The van der Waals surface area contributed by atoms with Gasteiger partial charge in [-0.1, -0.05) is 11.6 Å². The lowest BCUT2D eigenvalue weighted by Crippen LogP contribution is -2.25. The van der Waals surface area contributed by atoms with Crippen LogP contribution in [0.4, 0.5) is 5.69 Å². The summed E-state index contributed by atoms with van der Waals surface area (Å²) in [5, 5.41) is 20.0. The summed E-state index contributed by atoms with van der Waals surface area (Å²) in [6.07, 6.45) is 0. The summed E-state index contributed by atoms with van der Waals surface area (Å²) in [7, 11) is 0. The molecule has 0 atom stereocenters. The minimum atomic E-state index is -0.577. The Morgan fingerprint density at radius 1 is 1.59 bits per heavy atom. The fourth-order valence-corrected chi connectivity index (χ4v) is 2.41. The molecule has 116 valence electrons. The summed E-state index contributed by atoms with van der Waals surface area (Å²) >= 11 is 11.0. The van der Waals surface area contributed by atoms with E-state index < -0.39 is 10.8 Å². The number of nitro benzene ring substituents is 1. The van der Waals surface area contributed by atoms with Crippen LogP contribution < -0.4 is 5.32 Å². The Labute approximate surface area is 135 Å². The fourth-order valence-electron chi connectivity index (χ4n) is 1.87. The van der Waals surface area contributed by atoms with E-state index in [0.717, 1.165) is 6.07 Å². The smallest absolute Gasteiger partial charge is 0.270 e. The Balaban J connectivity index is 2.12. The van der Waals surface area contributed by atoms with Gasteiger partial charge in [-0.25, -0.2) is 0 Å². The zero-order chi connectivity index (χ0) is 16.3. The highest BCUT2D eigenvalue weighted by Crippen LogP contribution is 2.22. The first-order chi connectivity index (χ1) is 10.4. The third kappa shape index (κ3) is 3.31. The van der Waals surface area contributed by atoms with E-state index in [9.17, 15) is 14.9 Å². The molecular formula is C12H12ClN5O3S. The largest absolute Gasteiger partial charge is 0.345 e. The molecule has 0 radical (unpaired) electrons. The van der Waals surface area contributed by atoms with Gasteiger partial charge in [0, 0.05) is 18.7 Å². The number of H-pyrrole nitrogens is 1. The van der Waals surface area contributed by atoms with Crippen molar-refractivity contribution in [2.75, 3.05) is 0 Å². The van der Waals surface area contributed by atoms with Gasteiger partial charge in [0.2, 0.25) is 0 Å². The van der Waals surface area contributed by atoms with E-state index in [4.69, 9.17) is 23.8 Å². The van der Waals surface area contributed by atoms with Crippen molar-refractivity contribution in [2.24, 2.45) is 0 Å². The Morgan fingerprint density at radius 3 is 2.91 bits per heavy atom. The Morgan fingerprint density at radius 2 is 2.32 bits per heavy atom. The molecule has 1 aromatic carbocycles. The van der Waals surface area contributed by atoms with Gasteiger partial charge < -0.3 is 9.88 Å². The minimum absolute atomic E-state index is 0.0149. The monoisotopic (exact) mass is 341 g/mol. The summed E-state index contributed by atoms with van der Waals surface area (Å²) in [4.78, 5) is 22.2. The van der Waals surface area contributed by atoms with Crippen molar-refractivity contribution in [3.05, 3.63) is 49.5 Å². The number of amides is 1. The number of aromatic nitrogens is 3. The van der Waals surface area contributed by atoms with Crippen LogP contribution in [0.5, 0.6) is 0 Å². The maximum Gasteiger partial charge on any atom is 0.270 e. The van der Waals surface area contributed by atoms with Crippen LogP contribution in [0.2, 0.25) is 5.02 Å². The highest BCUT2D eigenvalue weighted by Gasteiger charge is 2.15. The van der Waals surface area contributed by atoms with Crippen LogP contribution in [0.15, 0.2) is 18.2 Å². The molecule has 0 saturated heterocycles. The third-order valence-corrected chi connectivity index (χ3v) is 3.59. The van der Waals surface area contributed by atoms with Crippen LogP contribution in [0.1, 0.15) is 23.1 Å². The first-order valence-corrected chi connectivity index (χ1v) is 7.09. The van der Waals surface area contributed by atoms with Crippen LogP contribution in [-0.2, 0) is 13.1 Å². The standard InChI is InChI=1S/C12H12ClN5O3S/c1-2-17-10(15-16-12(17)22)6-14-11(19)8-4-3-7(18(20)21)5-9(8)13/h3-5H,2,6H2,1H3,(H,14,19)(H,16,22). The molecule has 2 aromatic rings. The van der Waals surface area contributed by atoms with Gasteiger partial charge in [-0.2, -0.15) is 5.10 Å². The van der Waals surface area contributed by atoms with Gasteiger partial charge in [0.25, 0.3) is 11.6 Å². The van der Waals surface area contributed by atoms with Crippen molar-refractivity contribution in [3.63, 3.8) is 0 Å². The summed E-state index contributed by atoms with van der Waals surface area (Å²) in [5.74, 6) is 0.135. The summed E-state index contributed by atoms with van der Waals surface area (Å²) in [5.41, 5.74) is -0.0159. The fraction of sp³-hybridized carbons (Fsp3) is 0.250. The first-order valence-electron chi connectivity index (χ1n) is 6.30. The molecule has 22 heavy (non-hydrogen) atoms. The van der Waals surface area contributed by atoms with Crippen molar-refractivity contribution in [1.82, 2.24) is 20.1 Å². The zero-order valence-electron chi connectivity index (χ0n) is 11.5. The number of carbonyl (C=O) groups excluding carboxylic acids is 1. The molecule has 0 aliphatic rings. The number of halogens is 1. The number of nitrogens with zero attached hydrogens (tertiary/aromatic N) is 3. The third-order valence-electron chi connectivity index (χ3n) is 2.97. The van der Waals surface area contributed by atoms with Crippen LogP contribution in [0.3, 0.4) is 0 Å². The van der Waals surface area contributed by atoms with E-state index >= 15 is 0 Å². The summed E-state index contributed by atoms with van der Waals surface area (Å²) in [6.45, 7) is 2.69. The zero-order valence-corrected chi connectivity index (χ0v) is 13.1. The van der Waals surface area contributed by atoms with Crippen LogP contribution in [0, 0.1) is 14.9 Å². The summed E-state index contributed by atoms with van der Waals surface area (Å²) < 4.78 is 2.22. The molecular weight excluding hydrogens is 330 g/mol. The highest BCUT2D eigenvalue weighted by molar-refractivity contribution is 7.71. The number of carbonyl (C=O) groups is 1. The maximum absolute atomic E-state index is 12.1. The lowest BCUT2D eigenvalue weighted by atomic mass is 10.2. The number of nitro groups is 1. The average molecular weight is 342 g/mol. The summed E-state index contributed by atoms with van der Waals surface area (Å²) in [6, 6.07) is 3.67. The van der Waals surface area contributed by atoms with Gasteiger partial charge in [-0.15, -0.1) is 0 Å². The molecule has 1 heterocycles. The normalized spacial score (nSPS) is 10.5. The van der Waals surface area contributed by atoms with E-state index in [1.165, 1.54) is 12.1 Å². The molecule has 0 spiro atoms. The van der Waals surface area contributed by atoms with Crippen LogP contribution in [-0.4, -0.2) is 25.6 Å². The molecule has 0 bridgehead atoms. The number of hydrogen-bond acceptors (Lipinski definition) is 5. The number of benzene rings is 1. The van der Waals surface area contributed by atoms with E-state index in [1.54, 1.807) is 4.57 Å². The average Bonchev–Trinajstić information content (AvgIpc) is 2.84. The second-order valence-corrected chi connectivity index (χ2v) is 5.09. The van der Waals surface area contributed by atoms with E-state index in [2.05, 4.69) is 15.5 Å². The highest BCUT2D eigenvalue weighted by atomic mass is 35.5. The predicted molar refractivity (Wildman–Crippen MR) is 82.4 cm³/mol. The van der Waals surface area contributed by atoms with Gasteiger partial charge >= 0.3 is 0 Å². The SMILES string of the molecule is CCn1c(CNC(=O)c2ccc([N+](=O)[O-])cc2Cl)n[nH]c1=S. The molecule has 2 N–H and O–H groups in total. The van der Waals surface area contributed by atoms with Gasteiger partial charge in [0.1, 0.15) is 0 Å². The molecule has 8 nitrogen and oxygen atoms in total. The number of nitrogens with one attached hydrogen (secondary N) is 2. The number of rotatable bonds is 5. The first kappa shape index (κ1) is 16.1. The lowest BCUT2D eigenvalue weighted by Gasteiger charge is -2.07. The van der Waals surface area contributed by atoms with Crippen molar-refractivity contribution in [2.45, 2.75) is 20.0 Å². The number of aromatic amines is 1. The maximum atomic E-state index is 12.1. The van der Waals surface area contributed by atoms with Gasteiger partial charge in [0.05, 0.1) is 22.1 Å². The Kier molecular flexibility index (Phi) is 4.88. The number of hydrogen-bond donors (Lipinski definition) is 2. The molecule has 0 fully saturated rings. The minimum Gasteiger partial charge on any atom is -0.345 e. The predicted octanol–water partition coefficient (Wildman–Crippen LogP) is 2.45.